The first-order chi connectivity index (χ1) is 13.9. The van der Waals surface area contributed by atoms with Crippen molar-refractivity contribution in [3.05, 3.63) is 51.5 Å². The summed E-state index contributed by atoms with van der Waals surface area (Å²) in [4.78, 5) is 22.9. The first-order valence-corrected chi connectivity index (χ1v) is 11.5. The van der Waals surface area contributed by atoms with E-state index in [4.69, 9.17) is 0 Å². The number of nitrogens with one attached hydrogen (secondary N) is 1. The molecule has 0 spiro atoms. The number of rotatable bonds is 8. The van der Waals surface area contributed by atoms with E-state index >= 15 is 0 Å². The van der Waals surface area contributed by atoms with Crippen molar-refractivity contribution in [3.8, 4) is 0 Å². The molecule has 1 saturated heterocycles. The average Bonchev–Trinajstić information content (AvgIpc) is 3.06. The number of aromatic nitrogens is 1. The lowest BCUT2D eigenvalue weighted by Crippen LogP contribution is -2.47. The topological polar surface area (TPSA) is 48.5 Å². The van der Waals surface area contributed by atoms with Crippen LogP contribution in [0.2, 0.25) is 0 Å². The minimum absolute atomic E-state index is 0.0213. The molecule has 1 atom stereocenters. The van der Waals surface area contributed by atoms with Crippen molar-refractivity contribution in [2.75, 3.05) is 39.8 Å². The zero-order valence-corrected chi connectivity index (χ0v) is 19.0. The Morgan fingerprint density at radius 2 is 2.03 bits per heavy atom. The van der Waals surface area contributed by atoms with Crippen LogP contribution in [0.3, 0.4) is 0 Å². The standard InChI is InChI=1S/C23H34N4OS/c1-17(2)15-21-25-18(3)22(29-21)23(28)24-11-8-12-27-14-13-26(4)16-20(27)19-9-6-5-7-10-19/h5-7,9-10,17,20H,8,11-16H2,1-4H3,(H,24,28). The minimum Gasteiger partial charge on any atom is -0.351 e. The molecule has 1 aromatic heterocycles. The number of thiazole rings is 1. The summed E-state index contributed by atoms with van der Waals surface area (Å²) in [6.07, 6.45) is 1.89. The number of amides is 1. The highest BCUT2D eigenvalue weighted by molar-refractivity contribution is 7.13. The van der Waals surface area contributed by atoms with Gasteiger partial charge in [0, 0.05) is 45.2 Å². The van der Waals surface area contributed by atoms with Crippen LogP contribution in [0.5, 0.6) is 0 Å². The van der Waals surface area contributed by atoms with Gasteiger partial charge in [0.1, 0.15) is 4.88 Å². The Hall–Kier alpha value is -1.76. The maximum atomic E-state index is 12.6. The van der Waals surface area contributed by atoms with E-state index in [9.17, 15) is 4.79 Å². The van der Waals surface area contributed by atoms with Crippen LogP contribution in [-0.4, -0.2) is 60.5 Å². The smallest absolute Gasteiger partial charge is 0.263 e. The summed E-state index contributed by atoms with van der Waals surface area (Å²) in [5, 5.41) is 4.16. The fourth-order valence-corrected chi connectivity index (χ4v) is 5.07. The van der Waals surface area contributed by atoms with Gasteiger partial charge in [0.25, 0.3) is 5.91 Å². The van der Waals surface area contributed by atoms with Gasteiger partial charge in [-0.3, -0.25) is 9.69 Å². The number of nitrogens with zero attached hydrogens (tertiary/aromatic N) is 3. The number of hydrogen-bond acceptors (Lipinski definition) is 5. The highest BCUT2D eigenvalue weighted by Gasteiger charge is 2.26. The number of likely N-dealkylation sites (N-methyl/N-ethyl adjacent to an activating group) is 1. The lowest BCUT2D eigenvalue weighted by Gasteiger charge is -2.40. The van der Waals surface area contributed by atoms with Gasteiger partial charge < -0.3 is 10.2 Å². The van der Waals surface area contributed by atoms with E-state index in [1.807, 2.05) is 6.92 Å². The molecular formula is C23H34N4OS. The second kappa shape index (κ2) is 10.3. The quantitative estimate of drug-likeness (QED) is 0.668. The molecule has 1 aliphatic heterocycles. The van der Waals surface area contributed by atoms with Crippen LogP contribution >= 0.6 is 11.3 Å². The largest absolute Gasteiger partial charge is 0.351 e. The van der Waals surface area contributed by atoms with Gasteiger partial charge in [0.05, 0.1) is 10.7 Å². The predicted octanol–water partition coefficient (Wildman–Crippen LogP) is 3.76. The molecule has 2 heterocycles. The maximum Gasteiger partial charge on any atom is 0.263 e. The molecule has 1 aliphatic rings. The molecule has 1 fully saturated rings. The number of carbonyl (C=O) groups excluding carboxylic acids is 1. The van der Waals surface area contributed by atoms with E-state index in [1.54, 1.807) is 11.3 Å². The fourth-order valence-electron chi connectivity index (χ4n) is 3.88. The number of aryl methyl sites for hydroxylation is 1. The first kappa shape index (κ1) is 21.9. The van der Waals surface area contributed by atoms with Gasteiger partial charge in [-0.2, -0.15) is 0 Å². The van der Waals surface area contributed by atoms with E-state index < -0.39 is 0 Å². The molecule has 0 radical (unpaired) electrons. The van der Waals surface area contributed by atoms with E-state index in [2.05, 4.69) is 71.3 Å². The molecule has 0 saturated carbocycles. The lowest BCUT2D eigenvalue weighted by atomic mass is 10.0. The van der Waals surface area contributed by atoms with E-state index in [-0.39, 0.29) is 5.91 Å². The third-order valence-electron chi connectivity index (χ3n) is 5.42. The highest BCUT2D eigenvalue weighted by atomic mass is 32.1. The van der Waals surface area contributed by atoms with Crippen molar-refractivity contribution in [3.63, 3.8) is 0 Å². The Bertz CT molecular complexity index is 789. The molecule has 5 nitrogen and oxygen atoms in total. The van der Waals surface area contributed by atoms with Gasteiger partial charge in [0.15, 0.2) is 0 Å². The number of carbonyl (C=O) groups is 1. The molecule has 6 heteroatoms. The van der Waals surface area contributed by atoms with Gasteiger partial charge in [-0.05, 0) is 31.9 Å². The van der Waals surface area contributed by atoms with Crippen LogP contribution < -0.4 is 5.32 Å². The minimum atomic E-state index is 0.0213. The number of piperazine rings is 1. The van der Waals surface area contributed by atoms with Crippen LogP contribution in [0, 0.1) is 12.8 Å². The third kappa shape index (κ3) is 6.11. The summed E-state index contributed by atoms with van der Waals surface area (Å²) in [7, 11) is 2.19. The summed E-state index contributed by atoms with van der Waals surface area (Å²) in [6.45, 7) is 11.2. The van der Waals surface area contributed by atoms with Crippen molar-refractivity contribution in [1.29, 1.82) is 0 Å². The Morgan fingerprint density at radius 3 is 2.76 bits per heavy atom. The summed E-state index contributed by atoms with van der Waals surface area (Å²) >= 11 is 1.54. The normalized spacial score (nSPS) is 18.3. The second-order valence-corrected chi connectivity index (χ2v) is 9.54. The molecule has 1 amide bonds. The summed E-state index contributed by atoms with van der Waals surface area (Å²) in [6, 6.07) is 11.2. The zero-order valence-electron chi connectivity index (χ0n) is 18.1. The average molecular weight is 415 g/mol. The van der Waals surface area contributed by atoms with Gasteiger partial charge in [-0.1, -0.05) is 44.2 Å². The van der Waals surface area contributed by atoms with Gasteiger partial charge in [0.2, 0.25) is 0 Å². The molecule has 2 aromatic rings. The third-order valence-corrected chi connectivity index (χ3v) is 6.59. The van der Waals surface area contributed by atoms with E-state index in [1.165, 1.54) is 5.56 Å². The number of hydrogen-bond donors (Lipinski definition) is 1. The van der Waals surface area contributed by atoms with Crippen molar-refractivity contribution in [2.24, 2.45) is 5.92 Å². The van der Waals surface area contributed by atoms with Crippen LogP contribution in [0.1, 0.15) is 52.2 Å². The monoisotopic (exact) mass is 414 g/mol. The maximum absolute atomic E-state index is 12.6. The van der Waals surface area contributed by atoms with Gasteiger partial charge >= 0.3 is 0 Å². The van der Waals surface area contributed by atoms with Gasteiger partial charge in [-0.15, -0.1) is 11.3 Å². The van der Waals surface area contributed by atoms with E-state index in [0.717, 1.165) is 54.6 Å². The Kier molecular flexibility index (Phi) is 7.81. The molecule has 29 heavy (non-hydrogen) atoms. The molecular weight excluding hydrogens is 380 g/mol. The van der Waals surface area contributed by atoms with Crippen LogP contribution in [0.15, 0.2) is 30.3 Å². The highest BCUT2D eigenvalue weighted by Crippen LogP contribution is 2.25. The SMILES string of the molecule is Cc1nc(CC(C)C)sc1C(=O)NCCCN1CCN(C)CC1c1ccccc1. The Morgan fingerprint density at radius 1 is 1.28 bits per heavy atom. The molecule has 1 aromatic carbocycles. The lowest BCUT2D eigenvalue weighted by molar-refractivity contribution is 0.0866. The van der Waals surface area contributed by atoms with Crippen LogP contribution in [0.25, 0.3) is 0 Å². The zero-order chi connectivity index (χ0) is 20.8. The van der Waals surface area contributed by atoms with Crippen molar-refractivity contribution < 1.29 is 4.79 Å². The van der Waals surface area contributed by atoms with Crippen molar-refractivity contribution >= 4 is 17.2 Å². The fraction of sp³-hybridized carbons (Fsp3) is 0.565. The molecule has 3 rings (SSSR count). The molecule has 1 N–H and O–H groups in total. The number of benzene rings is 1. The van der Waals surface area contributed by atoms with Crippen LogP contribution in [-0.2, 0) is 6.42 Å². The summed E-state index contributed by atoms with van der Waals surface area (Å²) in [5.74, 6) is 0.575. The summed E-state index contributed by atoms with van der Waals surface area (Å²) in [5.41, 5.74) is 2.23. The van der Waals surface area contributed by atoms with Crippen molar-refractivity contribution in [2.45, 2.75) is 39.7 Å². The first-order valence-electron chi connectivity index (χ1n) is 10.7. The van der Waals surface area contributed by atoms with Gasteiger partial charge in [-0.25, -0.2) is 4.98 Å². The molecule has 0 aliphatic carbocycles. The molecule has 1 unspecified atom stereocenters. The van der Waals surface area contributed by atoms with Crippen LogP contribution in [0.4, 0.5) is 0 Å². The summed E-state index contributed by atoms with van der Waals surface area (Å²) < 4.78 is 0. The molecule has 0 bridgehead atoms. The van der Waals surface area contributed by atoms with E-state index in [0.29, 0.717) is 18.5 Å². The second-order valence-electron chi connectivity index (χ2n) is 8.45. The van der Waals surface area contributed by atoms with Crippen molar-refractivity contribution in [1.82, 2.24) is 20.1 Å². The molecule has 158 valence electrons. The predicted molar refractivity (Wildman–Crippen MR) is 121 cm³/mol. The Balaban J connectivity index is 1.50. The Labute approximate surface area is 179 Å².